The second kappa shape index (κ2) is 12.0. The fourth-order valence-corrected chi connectivity index (χ4v) is 5.26. The molecule has 4 heteroatoms. The van der Waals surface area contributed by atoms with Gasteiger partial charge in [-0.2, -0.15) is 0 Å². The summed E-state index contributed by atoms with van der Waals surface area (Å²) in [5.41, 5.74) is 7.37. The molecule has 1 aliphatic rings. The molecule has 0 radical (unpaired) electrons. The summed E-state index contributed by atoms with van der Waals surface area (Å²) in [6.07, 6.45) is 0. The zero-order valence-electron chi connectivity index (χ0n) is 23.4. The van der Waals surface area contributed by atoms with Crippen molar-refractivity contribution in [3.63, 3.8) is 0 Å². The van der Waals surface area contributed by atoms with Crippen LogP contribution in [-0.2, 0) is 0 Å². The van der Waals surface area contributed by atoms with Crippen LogP contribution in [-0.4, -0.2) is 43.5 Å². The van der Waals surface area contributed by atoms with Gasteiger partial charge in [0.15, 0.2) is 0 Å². The maximum Gasteiger partial charge on any atom is 0.256 e. The van der Waals surface area contributed by atoms with E-state index in [1.54, 1.807) is 0 Å². The molecule has 37 heavy (non-hydrogen) atoms. The molecule has 196 valence electrons. The predicted molar refractivity (Wildman–Crippen MR) is 158 cm³/mol. The van der Waals surface area contributed by atoms with E-state index in [0.717, 1.165) is 43.0 Å². The molecule has 1 saturated heterocycles. The number of benzene rings is 3. The molecule has 4 nitrogen and oxygen atoms in total. The van der Waals surface area contributed by atoms with Gasteiger partial charge in [-0.05, 0) is 70.3 Å². The molecule has 0 aliphatic carbocycles. The Bertz CT molecular complexity index is 1170. The van der Waals surface area contributed by atoms with Crippen molar-refractivity contribution in [1.29, 1.82) is 0 Å². The van der Waals surface area contributed by atoms with Crippen LogP contribution in [0.4, 0.5) is 11.4 Å². The number of carbonyl (C=O) groups is 1. The lowest BCUT2D eigenvalue weighted by Gasteiger charge is -2.36. The number of amides is 1. The smallest absolute Gasteiger partial charge is 0.256 e. The van der Waals surface area contributed by atoms with E-state index in [4.69, 9.17) is 0 Å². The van der Waals surface area contributed by atoms with Crippen LogP contribution in [0.5, 0.6) is 0 Å². The number of hydrogen-bond acceptors (Lipinski definition) is 3. The molecule has 1 N–H and O–H groups in total. The third-order valence-electron chi connectivity index (χ3n) is 7.32. The lowest BCUT2D eigenvalue weighted by molar-refractivity contribution is 0.102. The average Bonchev–Trinajstić information content (AvgIpc) is 2.89. The second-order valence-electron chi connectivity index (χ2n) is 11.4. The summed E-state index contributed by atoms with van der Waals surface area (Å²) in [6.45, 7) is 18.8. The third-order valence-corrected chi connectivity index (χ3v) is 7.32. The van der Waals surface area contributed by atoms with Gasteiger partial charge in [-0.15, -0.1) is 0 Å². The number of hydrogen-bond donors (Lipinski definition) is 1. The highest BCUT2D eigenvalue weighted by Crippen LogP contribution is 2.34. The molecule has 0 spiro atoms. The van der Waals surface area contributed by atoms with Crippen molar-refractivity contribution >= 4 is 17.3 Å². The van der Waals surface area contributed by atoms with Crippen molar-refractivity contribution in [3.05, 3.63) is 83.4 Å². The summed E-state index contributed by atoms with van der Waals surface area (Å²) in [4.78, 5) is 18.5. The van der Waals surface area contributed by atoms with Gasteiger partial charge in [-0.25, -0.2) is 0 Å². The van der Waals surface area contributed by atoms with Gasteiger partial charge in [0.1, 0.15) is 0 Å². The molecule has 3 aromatic carbocycles. The summed E-state index contributed by atoms with van der Waals surface area (Å²) in [7, 11) is 0. The summed E-state index contributed by atoms with van der Waals surface area (Å²) in [6, 6.07) is 23.1. The van der Waals surface area contributed by atoms with Gasteiger partial charge in [0, 0.05) is 49.7 Å². The molecule has 1 fully saturated rings. The number of nitrogens with zero attached hydrogens (tertiary/aromatic N) is 2. The largest absolute Gasteiger partial charge is 0.369 e. The van der Waals surface area contributed by atoms with Gasteiger partial charge in [0.05, 0.1) is 0 Å². The van der Waals surface area contributed by atoms with Crippen molar-refractivity contribution in [2.45, 2.75) is 53.4 Å². The predicted octanol–water partition coefficient (Wildman–Crippen LogP) is 7.63. The van der Waals surface area contributed by atoms with Crippen molar-refractivity contribution < 1.29 is 4.79 Å². The topological polar surface area (TPSA) is 35.6 Å². The summed E-state index contributed by atoms with van der Waals surface area (Å²) in [5, 5.41) is 3.16. The van der Waals surface area contributed by atoms with E-state index in [1.807, 2.05) is 24.3 Å². The van der Waals surface area contributed by atoms with Crippen LogP contribution in [0.2, 0.25) is 0 Å². The Morgan fingerprint density at radius 3 is 2.00 bits per heavy atom. The zero-order valence-corrected chi connectivity index (χ0v) is 23.4. The average molecular weight is 498 g/mol. The van der Waals surface area contributed by atoms with Gasteiger partial charge in [0.2, 0.25) is 0 Å². The van der Waals surface area contributed by atoms with E-state index in [9.17, 15) is 4.79 Å². The Labute approximate surface area is 223 Å². The Morgan fingerprint density at radius 1 is 0.784 bits per heavy atom. The maximum absolute atomic E-state index is 13.5. The molecule has 0 aromatic heterocycles. The van der Waals surface area contributed by atoms with Crippen LogP contribution >= 0.6 is 0 Å². The molecule has 1 aliphatic heterocycles. The molecule has 0 bridgehead atoms. The summed E-state index contributed by atoms with van der Waals surface area (Å²) >= 11 is 0. The first-order valence-corrected chi connectivity index (χ1v) is 13.8. The first-order chi connectivity index (χ1) is 17.7. The van der Waals surface area contributed by atoms with Gasteiger partial charge >= 0.3 is 0 Å². The van der Waals surface area contributed by atoms with Crippen LogP contribution in [0.3, 0.4) is 0 Å². The van der Waals surface area contributed by atoms with E-state index in [-0.39, 0.29) is 5.91 Å². The summed E-state index contributed by atoms with van der Waals surface area (Å²) in [5.74, 6) is 1.42. The van der Waals surface area contributed by atoms with Crippen molar-refractivity contribution in [2.75, 3.05) is 42.9 Å². The van der Waals surface area contributed by atoms with E-state index in [1.165, 1.54) is 23.4 Å². The highest BCUT2D eigenvalue weighted by molar-refractivity contribution is 6.09. The number of nitrogens with one attached hydrogen (secondary N) is 1. The minimum atomic E-state index is -0.0690. The van der Waals surface area contributed by atoms with Gasteiger partial charge < -0.3 is 10.2 Å². The number of piperazine rings is 1. The van der Waals surface area contributed by atoms with Crippen LogP contribution in [0.1, 0.15) is 74.9 Å². The number of carbonyl (C=O) groups excluding carboxylic acids is 1. The van der Waals surface area contributed by atoms with Crippen LogP contribution in [0.15, 0.2) is 66.7 Å². The van der Waals surface area contributed by atoms with E-state index in [2.05, 4.69) is 99.1 Å². The minimum absolute atomic E-state index is 0.0690. The Kier molecular flexibility index (Phi) is 8.71. The first kappa shape index (κ1) is 26.9. The normalized spacial score (nSPS) is 14.6. The van der Waals surface area contributed by atoms with Gasteiger partial charge in [-0.3, -0.25) is 9.69 Å². The first-order valence-electron chi connectivity index (χ1n) is 13.8. The van der Waals surface area contributed by atoms with Gasteiger partial charge in [0.25, 0.3) is 5.91 Å². The van der Waals surface area contributed by atoms with Crippen molar-refractivity contribution in [3.8, 4) is 11.1 Å². The van der Waals surface area contributed by atoms with Gasteiger partial charge in [-0.1, -0.05) is 77.9 Å². The van der Waals surface area contributed by atoms with E-state index in [0.29, 0.717) is 23.3 Å². The molecule has 3 aromatic rings. The summed E-state index contributed by atoms with van der Waals surface area (Å²) < 4.78 is 0. The molecular weight excluding hydrogens is 454 g/mol. The Balaban J connectivity index is 1.51. The molecule has 1 amide bonds. The molecular formula is C33H43N3O. The SMILES string of the molecule is CC(C)CN1CCN(c2ccc(NC(=O)c3cccc(C(C)C)c3-c3ccc(C(C)C)cc3)cc2)CC1. The van der Waals surface area contributed by atoms with Crippen LogP contribution in [0, 0.1) is 5.92 Å². The molecule has 1 heterocycles. The third kappa shape index (κ3) is 6.61. The Hall–Kier alpha value is -3.11. The highest BCUT2D eigenvalue weighted by atomic mass is 16.1. The van der Waals surface area contributed by atoms with Crippen molar-refractivity contribution in [1.82, 2.24) is 4.90 Å². The fraction of sp³-hybridized carbons (Fsp3) is 0.424. The van der Waals surface area contributed by atoms with Crippen LogP contribution < -0.4 is 10.2 Å². The van der Waals surface area contributed by atoms with E-state index >= 15 is 0 Å². The highest BCUT2D eigenvalue weighted by Gasteiger charge is 2.20. The molecule has 0 atom stereocenters. The molecule has 4 rings (SSSR count). The molecule has 0 saturated carbocycles. The zero-order chi connectivity index (χ0) is 26.5. The quantitative estimate of drug-likeness (QED) is 0.347. The van der Waals surface area contributed by atoms with E-state index < -0.39 is 0 Å². The lowest BCUT2D eigenvalue weighted by atomic mass is 9.87. The second-order valence-corrected chi connectivity index (χ2v) is 11.4. The monoisotopic (exact) mass is 497 g/mol. The Morgan fingerprint density at radius 2 is 1.43 bits per heavy atom. The molecule has 0 unspecified atom stereocenters. The van der Waals surface area contributed by atoms with Crippen LogP contribution in [0.25, 0.3) is 11.1 Å². The number of rotatable bonds is 8. The van der Waals surface area contributed by atoms with Crippen molar-refractivity contribution in [2.24, 2.45) is 5.92 Å². The fourth-order valence-electron chi connectivity index (χ4n) is 5.26. The number of anilines is 2. The lowest BCUT2D eigenvalue weighted by Crippen LogP contribution is -2.47. The standard InChI is InChI=1S/C33H43N3O/c1-23(2)22-35-18-20-36(21-19-35)29-16-14-28(15-17-29)34-33(37)31-9-7-8-30(25(5)6)32(31)27-12-10-26(11-13-27)24(3)4/h7-17,23-25H,18-22H2,1-6H3,(H,34,37). The maximum atomic E-state index is 13.5. The minimum Gasteiger partial charge on any atom is -0.369 e.